The molecule has 1 N–H and O–H groups in total. The molecular formula is C25H21F5N2O3. The number of nitrogens with one attached hydrogen (secondary N) is 1. The molecule has 0 radical (unpaired) electrons. The number of nitrogens with zero attached hydrogens (tertiary/aromatic N) is 1. The van der Waals surface area contributed by atoms with Crippen molar-refractivity contribution < 1.29 is 31.5 Å². The van der Waals surface area contributed by atoms with Crippen molar-refractivity contribution in [1.29, 1.82) is 0 Å². The van der Waals surface area contributed by atoms with Crippen LogP contribution in [0.5, 0.6) is 5.75 Å². The van der Waals surface area contributed by atoms with Gasteiger partial charge in [0.15, 0.2) is 17.3 Å². The fourth-order valence-corrected chi connectivity index (χ4v) is 4.10. The highest BCUT2D eigenvalue weighted by Gasteiger charge is 2.37. The van der Waals surface area contributed by atoms with E-state index in [1.807, 2.05) is 0 Å². The lowest BCUT2D eigenvalue weighted by Crippen LogP contribution is -2.18. The molecule has 0 amide bonds. The van der Waals surface area contributed by atoms with E-state index < -0.39 is 40.6 Å². The minimum atomic E-state index is -4.81. The first-order valence-electron chi connectivity index (χ1n) is 10.9. The van der Waals surface area contributed by atoms with Gasteiger partial charge in [-0.05, 0) is 60.1 Å². The van der Waals surface area contributed by atoms with E-state index in [-0.39, 0.29) is 36.0 Å². The minimum absolute atomic E-state index is 0.0267. The highest BCUT2D eigenvalue weighted by Crippen LogP contribution is 2.45. The van der Waals surface area contributed by atoms with Gasteiger partial charge in [-0.25, -0.2) is 13.8 Å². The van der Waals surface area contributed by atoms with Crippen molar-refractivity contribution in [3.05, 3.63) is 92.7 Å². The Kier molecular flexibility index (Phi) is 6.73. The van der Waals surface area contributed by atoms with Crippen LogP contribution in [-0.2, 0) is 12.6 Å². The average molecular weight is 492 g/mol. The predicted molar refractivity (Wildman–Crippen MR) is 116 cm³/mol. The molecule has 10 heteroatoms. The Labute approximate surface area is 197 Å². The molecule has 1 aromatic heterocycles. The standard InChI is InChI=1S/C25H21F5N2O3/c1-35-22-7-2-13(8-19(22)27)9-23-31-20(12-24(34)32-23)21(33)11-16(14-3-4-14)15-5-6-17(18(26)10-15)25(28,29)30/h2,5-8,10,12,14,16H,3-4,9,11H2,1H3,(H,31,32,34)/t16-/m1/s1. The Morgan fingerprint density at radius 3 is 2.46 bits per heavy atom. The maximum absolute atomic E-state index is 14.1. The van der Waals surface area contributed by atoms with E-state index >= 15 is 0 Å². The number of H-pyrrole nitrogens is 1. The number of hydrogen-bond acceptors (Lipinski definition) is 4. The molecule has 0 spiro atoms. The van der Waals surface area contributed by atoms with E-state index in [0.717, 1.165) is 25.0 Å². The number of methoxy groups -OCH3 is 1. The topological polar surface area (TPSA) is 72.0 Å². The minimum Gasteiger partial charge on any atom is -0.494 e. The first-order valence-corrected chi connectivity index (χ1v) is 10.9. The quantitative estimate of drug-likeness (QED) is 0.336. The van der Waals surface area contributed by atoms with Crippen LogP contribution in [0.2, 0.25) is 0 Å². The molecule has 0 aliphatic heterocycles. The molecule has 1 saturated carbocycles. The number of carbonyl (C=O) groups is 1. The van der Waals surface area contributed by atoms with Crippen LogP contribution in [0.15, 0.2) is 47.3 Å². The number of Topliss-reactive ketones (excluding diaryl/α,β-unsaturated/α-hetero) is 1. The van der Waals surface area contributed by atoms with Crippen LogP contribution in [0.1, 0.15) is 58.2 Å². The number of halogens is 5. The van der Waals surface area contributed by atoms with Crippen molar-refractivity contribution in [1.82, 2.24) is 9.97 Å². The number of ketones is 1. The van der Waals surface area contributed by atoms with Gasteiger partial charge in [0, 0.05) is 18.9 Å². The molecule has 0 saturated heterocycles. The zero-order chi connectivity index (χ0) is 25.3. The van der Waals surface area contributed by atoms with E-state index in [2.05, 4.69) is 9.97 Å². The second-order valence-corrected chi connectivity index (χ2v) is 8.53. The van der Waals surface area contributed by atoms with Crippen molar-refractivity contribution in [2.45, 2.75) is 37.8 Å². The SMILES string of the molecule is COc1ccc(Cc2nc(C(=O)C[C@@H](c3ccc(C(F)(F)F)c(F)c3)C3CC3)cc(=O)[nH]2)cc1F. The first-order chi connectivity index (χ1) is 16.5. The van der Waals surface area contributed by atoms with Crippen molar-refractivity contribution >= 4 is 5.78 Å². The molecule has 1 aliphatic rings. The fourth-order valence-electron chi connectivity index (χ4n) is 4.10. The van der Waals surface area contributed by atoms with Crippen LogP contribution in [0, 0.1) is 17.6 Å². The second kappa shape index (κ2) is 9.59. The van der Waals surface area contributed by atoms with Crippen molar-refractivity contribution in [3.8, 4) is 5.75 Å². The Morgan fingerprint density at radius 2 is 1.86 bits per heavy atom. The molecule has 5 nitrogen and oxygen atoms in total. The molecule has 1 fully saturated rings. The van der Waals surface area contributed by atoms with Crippen LogP contribution in [0.4, 0.5) is 22.0 Å². The van der Waals surface area contributed by atoms with Crippen LogP contribution in [0.3, 0.4) is 0 Å². The third kappa shape index (κ3) is 5.75. The Bertz CT molecular complexity index is 1320. The van der Waals surface area contributed by atoms with E-state index in [0.29, 0.717) is 17.2 Å². The summed E-state index contributed by atoms with van der Waals surface area (Å²) < 4.78 is 71.7. The number of aromatic amines is 1. The molecule has 1 atom stereocenters. The normalized spacial score (nSPS) is 14.6. The molecular weight excluding hydrogens is 471 g/mol. The summed E-state index contributed by atoms with van der Waals surface area (Å²) in [5, 5.41) is 0. The first kappa shape index (κ1) is 24.6. The number of aromatic nitrogens is 2. The largest absolute Gasteiger partial charge is 0.494 e. The number of rotatable bonds is 8. The van der Waals surface area contributed by atoms with Gasteiger partial charge in [0.2, 0.25) is 0 Å². The van der Waals surface area contributed by atoms with E-state index in [1.165, 1.54) is 25.3 Å². The molecule has 4 rings (SSSR count). The summed E-state index contributed by atoms with van der Waals surface area (Å²) in [6.45, 7) is 0. The van der Waals surface area contributed by atoms with Gasteiger partial charge in [-0.3, -0.25) is 9.59 Å². The zero-order valence-corrected chi connectivity index (χ0v) is 18.6. The number of hydrogen-bond donors (Lipinski definition) is 1. The monoisotopic (exact) mass is 492 g/mol. The summed E-state index contributed by atoms with van der Waals surface area (Å²) in [7, 11) is 1.33. The number of benzene rings is 2. The summed E-state index contributed by atoms with van der Waals surface area (Å²) >= 11 is 0. The average Bonchev–Trinajstić information content (AvgIpc) is 3.61. The Morgan fingerprint density at radius 1 is 1.11 bits per heavy atom. The van der Waals surface area contributed by atoms with Crippen LogP contribution in [-0.4, -0.2) is 22.9 Å². The number of alkyl halides is 3. The van der Waals surface area contributed by atoms with Crippen LogP contribution >= 0.6 is 0 Å². The van der Waals surface area contributed by atoms with Crippen molar-refractivity contribution in [2.24, 2.45) is 5.92 Å². The lowest BCUT2D eigenvalue weighted by atomic mass is 9.88. The van der Waals surface area contributed by atoms with Gasteiger partial charge in [-0.2, -0.15) is 13.2 Å². The van der Waals surface area contributed by atoms with E-state index in [1.54, 1.807) is 6.07 Å². The smallest absolute Gasteiger partial charge is 0.419 e. The molecule has 1 heterocycles. The summed E-state index contributed by atoms with van der Waals surface area (Å²) in [5.41, 5.74) is -1.26. The van der Waals surface area contributed by atoms with Gasteiger partial charge >= 0.3 is 6.18 Å². The van der Waals surface area contributed by atoms with Gasteiger partial charge in [-0.1, -0.05) is 12.1 Å². The Balaban J connectivity index is 1.56. The molecule has 1 aliphatic carbocycles. The predicted octanol–water partition coefficient (Wildman–Crippen LogP) is 5.43. The van der Waals surface area contributed by atoms with Crippen molar-refractivity contribution in [2.75, 3.05) is 7.11 Å². The third-order valence-electron chi connectivity index (χ3n) is 5.99. The molecule has 35 heavy (non-hydrogen) atoms. The highest BCUT2D eigenvalue weighted by atomic mass is 19.4. The summed E-state index contributed by atoms with van der Waals surface area (Å²) in [5.74, 6) is -2.74. The maximum Gasteiger partial charge on any atom is 0.419 e. The summed E-state index contributed by atoms with van der Waals surface area (Å²) in [4.78, 5) is 31.9. The van der Waals surface area contributed by atoms with Gasteiger partial charge in [0.05, 0.1) is 12.7 Å². The third-order valence-corrected chi connectivity index (χ3v) is 5.99. The fraction of sp³-hybridized carbons (Fsp3) is 0.320. The van der Waals surface area contributed by atoms with Gasteiger partial charge in [0.1, 0.15) is 17.3 Å². The summed E-state index contributed by atoms with van der Waals surface area (Å²) in [6.07, 6.45) is -3.38. The molecule has 0 unspecified atom stereocenters. The van der Waals surface area contributed by atoms with Crippen LogP contribution < -0.4 is 10.3 Å². The van der Waals surface area contributed by atoms with E-state index in [4.69, 9.17) is 4.74 Å². The van der Waals surface area contributed by atoms with Crippen molar-refractivity contribution in [3.63, 3.8) is 0 Å². The zero-order valence-electron chi connectivity index (χ0n) is 18.6. The van der Waals surface area contributed by atoms with Gasteiger partial charge in [-0.15, -0.1) is 0 Å². The molecule has 3 aromatic rings. The second-order valence-electron chi connectivity index (χ2n) is 8.53. The maximum atomic E-state index is 14.1. The lowest BCUT2D eigenvalue weighted by Gasteiger charge is -2.18. The van der Waals surface area contributed by atoms with Gasteiger partial charge < -0.3 is 9.72 Å². The molecule has 2 aromatic carbocycles. The molecule has 184 valence electrons. The highest BCUT2D eigenvalue weighted by molar-refractivity contribution is 5.94. The summed E-state index contributed by atoms with van der Waals surface area (Å²) in [6, 6.07) is 8.00. The van der Waals surface area contributed by atoms with Gasteiger partial charge in [0.25, 0.3) is 5.56 Å². The lowest BCUT2D eigenvalue weighted by molar-refractivity contribution is -0.140. The number of ether oxygens (including phenoxy) is 1. The van der Waals surface area contributed by atoms with Crippen LogP contribution in [0.25, 0.3) is 0 Å². The molecule has 0 bridgehead atoms. The number of carbonyl (C=O) groups excluding carboxylic acids is 1. The van der Waals surface area contributed by atoms with E-state index in [9.17, 15) is 31.5 Å². The Hall–Kier alpha value is -3.56.